The van der Waals surface area contributed by atoms with Gasteiger partial charge in [-0.1, -0.05) is 0 Å². The van der Waals surface area contributed by atoms with Gasteiger partial charge in [0, 0.05) is 27.4 Å². The first-order valence-corrected chi connectivity index (χ1v) is 6.24. The Balaban J connectivity index is 2.26. The first-order chi connectivity index (χ1) is 7.70. The van der Waals surface area contributed by atoms with Gasteiger partial charge in [-0.15, -0.1) is 16.9 Å². The second kappa shape index (κ2) is 5.03. The van der Waals surface area contributed by atoms with Crippen LogP contribution in [0.1, 0.15) is 13.2 Å². The summed E-state index contributed by atoms with van der Waals surface area (Å²) < 4.78 is 7.03. The Hall–Kier alpha value is -0.780. The van der Waals surface area contributed by atoms with Crippen LogP contribution in [0.3, 0.4) is 0 Å². The number of hydrogen-bond acceptors (Lipinski definition) is 6. The average molecular weight is 258 g/mol. The molecule has 0 amide bonds. The largest absolute Gasteiger partial charge is 0.351 e. The summed E-state index contributed by atoms with van der Waals surface area (Å²) in [5, 5.41) is 3.67. The number of hydrogen-bond donors (Lipinski definition) is 0. The third-order valence-corrected chi connectivity index (χ3v) is 3.28. The molecular formula is C8H11N4O2PS. The van der Waals surface area contributed by atoms with Gasteiger partial charge in [0.1, 0.15) is 11.7 Å². The molecule has 1 fully saturated rings. The highest BCUT2D eigenvalue weighted by Crippen LogP contribution is 2.30. The van der Waals surface area contributed by atoms with E-state index in [1.807, 2.05) is 6.92 Å². The highest BCUT2D eigenvalue weighted by Gasteiger charge is 2.24. The molecule has 0 saturated carbocycles. The molecule has 1 saturated heterocycles. The van der Waals surface area contributed by atoms with Crippen LogP contribution < -0.4 is 5.69 Å². The fourth-order valence-corrected chi connectivity index (χ4v) is 2.40. The Kier molecular flexibility index (Phi) is 3.68. The summed E-state index contributed by atoms with van der Waals surface area (Å²) in [6, 6.07) is 1.63. The van der Waals surface area contributed by atoms with Gasteiger partial charge in [0.25, 0.3) is 0 Å². The molecule has 2 heterocycles. The van der Waals surface area contributed by atoms with Crippen molar-refractivity contribution in [3.8, 4) is 0 Å². The van der Waals surface area contributed by atoms with Crippen LogP contribution in [0.15, 0.2) is 27.1 Å². The van der Waals surface area contributed by atoms with Gasteiger partial charge in [-0.25, -0.2) is 4.79 Å². The van der Waals surface area contributed by atoms with Crippen molar-refractivity contribution in [1.82, 2.24) is 9.55 Å². The molecular weight excluding hydrogens is 247 g/mol. The number of ether oxygens (including phenoxy) is 1. The van der Waals surface area contributed by atoms with Crippen LogP contribution in [-0.2, 0) is 4.74 Å². The van der Waals surface area contributed by atoms with E-state index in [0.717, 1.165) is 5.75 Å². The van der Waals surface area contributed by atoms with Crippen LogP contribution >= 0.6 is 21.2 Å². The molecule has 0 radical (unpaired) electrons. The van der Waals surface area contributed by atoms with Crippen molar-refractivity contribution in [2.75, 3.05) is 5.75 Å². The van der Waals surface area contributed by atoms with Gasteiger partial charge in [0.2, 0.25) is 0 Å². The van der Waals surface area contributed by atoms with E-state index in [1.54, 1.807) is 24.0 Å². The van der Waals surface area contributed by atoms with Gasteiger partial charge in [-0.3, -0.25) is 4.57 Å². The Labute approximate surface area is 98.8 Å². The molecule has 3 atom stereocenters. The van der Waals surface area contributed by atoms with E-state index < -0.39 is 0 Å². The van der Waals surface area contributed by atoms with Crippen LogP contribution in [0, 0.1) is 0 Å². The molecule has 6 nitrogen and oxygen atoms in total. The molecule has 0 spiro atoms. The fraction of sp³-hybridized carbons (Fsp3) is 0.500. The Morgan fingerprint density at radius 2 is 2.56 bits per heavy atom. The molecule has 86 valence electrons. The zero-order valence-corrected chi connectivity index (χ0v) is 10.6. The lowest BCUT2D eigenvalue weighted by Gasteiger charge is -2.12. The van der Waals surface area contributed by atoms with Crippen molar-refractivity contribution < 1.29 is 4.74 Å². The van der Waals surface area contributed by atoms with E-state index in [9.17, 15) is 4.79 Å². The molecule has 0 N–H and O–H groups in total. The number of thioether (sulfide) groups is 1. The van der Waals surface area contributed by atoms with Crippen LogP contribution in [0.25, 0.3) is 0 Å². The molecule has 1 aliphatic rings. The van der Waals surface area contributed by atoms with E-state index in [0.29, 0.717) is 5.82 Å². The van der Waals surface area contributed by atoms with E-state index in [4.69, 9.17) is 4.74 Å². The van der Waals surface area contributed by atoms with Crippen molar-refractivity contribution in [2.24, 2.45) is 10.00 Å². The molecule has 8 heteroatoms. The molecule has 16 heavy (non-hydrogen) atoms. The van der Waals surface area contributed by atoms with Gasteiger partial charge >= 0.3 is 5.69 Å². The lowest BCUT2D eigenvalue weighted by molar-refractivity contribution is 0.0236. The molecule has 1 unspecified atom stereocenters. The fourth-order valence-electron chi connectivity index (χ4n) is 1.40. The van der Waals surface area contributed by atoms with E-state index in [1.165, 1.54) is 4.57 Å². The van der Waals surface area contributed by atoms with Crippen LogP contribution in [-0.4, -0.2) is 20.7 Å². The molecule has 0 aliphatic carbocycles. The monoisotopic (exact) mass is 258 g/mol. The van der Waals surface area contributed by atoms with Crippen molar-refractivity contribution in [1.29, 1.82) is 0 Å². The Morgan fingerprint density at radius 3 is 3.12 bits per heavy atom. The average Bonchev–Trinajstić information content (AvgIpc) is 2.65. The van der Waals surface area contributed by atoms with Crippen molar-refractivity contribution in [3.63, 3.8) is 0 Å². The number of rotatable bonds is 2. The van der Waals surface area contributed by atoms with Gasteiger partial charge < -0.3 is 4.74 Å². The summed E-state index contributed by atoms with van der Waals surface area (Å²) in [7, 11) is 2.09. The third-order valence-electron chi connectivity index (χ3n) is 2.11. The SMILES string of the molecule is C[C@@H]1O[C@H](n2ccc(N=NP)nc2=O)CS1. The summed E-state index contributed by atoms with van der Waals surface area (Å²) >= 11 is 1.67. The van der Waals surface area contributed by atoms with Crippen LogP contribution in [0.5, 0.6) is 0 Å². The molecule has 1 aromatic heterocycles. The molecule has 0 bridgehead atoms. The van der Waals surface area contributed by atoms with Crippen molar-refractivity contribution in [2.45, 2.75) is 18.6 Å². The number of nitrogens with zero attached hydrogens (tertiary/aromatic N) is 4. The maximum absolute atomic E-state index is 11.7. The van der Waals surface area contributed by atoms with Crippen molar-refractivity contribution in [3.05, 3.63) is 22.7 Å². The lowest BCUT2D eigenvalue weighted by Crippen LogP contribution is -2.27. The highest BCUT2D eigenvalue weighted by molar-refractivity contribution is 7.99. The van der Waals surface area contributed by atoms with Crippen molar-refractivity contribution >= 4 is 27.0 Å². The minimum atomic E-state index is -0.366. The third kappa shape index (κ3) is 2.48. The van der Waals surface area contributed by atoms with Gasteiger partial charge in [0.05, 0.1) is 0 Å². The van der Waals surface area contributed by atoms with E-state index in [2.05, 4.69) is 24.4 Å². The van der Waals surface area contributed by atoms with E-state index in [-0.39, 0.29) is 17.4 Å². The number of aromatic nitrogens is 2. The zero-order chi connectivity index (χ0) is 11.5. The standard InChI is InChI=1S/C8H11N4O2PS/c1-5-14-7(4-16-5)12-3-2-6(10-11-15)9-8(12)13/h2-3,5,7H,4,15H2,1H3/t5-,7+/m1/s1. The highest BCUT2D eigenvalue weighted by atomic mass is 32.2. The lowest BCUT2D eigenvalue weighted by atomic mass is 10.5. The van der Waals surface area contributed by atoms with Crippen LogP contribution in [0.2, 0.25) is 0 Å². The Bertz CT molecular complexity index is 464. The maximum Gasteiger partial charge on any atom is 0.351 e. The van der Waals surface area contributed by atoms with E-state index >= 15 is 0 Å². The summed E-state index contributed by atoms with van der Waals surface area (Å²) in [6.07, 6.45) is 1.40. The topological polar surface area (TPSA) is 68.8 Å². The summed E-state index contributed by atoms with van der Waals surface area (Å²) in [5.41, 5.74) is -0.252. The maximum atomic E-state index is 11.7. The second-order valence-electron chi connectivity index (χ2n) is 3.18. The predicted molar refractivity (Wildman–Crippen MR) is 64.8 cm³/mol. The van der Waals surface area contributed by atoms with Gasteiger partial charge in [0.15, 0.2) is 5.82 Å². The van der Waals surface area contributed by atoms with Gasteiger partial charge in [-0.05, 0) is 6.92 Å². The van der Waals surface area contributed by atoms with Gasteiger partial charge in [-0.2, -0.15) is 9.87 Å². The normalized spacial score (nSPS) is 25.4. The zero-order valence-electron chi connectivity index (χ0n) is 8.61. The molecule has 2 rings (SSSR count). The minimum Gasteiger partial charge on any atom is -0.343 e. The molecule has 0 aromatic carbocycles. The Morgan fingerprint density at radius 1 is 1.75 bits per heavy atom. The second-order valence-corrected chi connectivity index (χ2v) is 4.74. The molecule has 1 aliphatic heterocycles. The quantitative estimate of drug-likeness (QED) is 0.598. The first-order valence-electron chi connectivity index (χ1n) is 4.68. The molecule has 1 aromatic rings. The summed E-state index contributed by atoms with van der Waals surface area (Å²) in [4.78, 5) is 18.9. The van der Waals surface area contributed by atoms with Crippen LogP contribution in [0.4, 0.5) is 5.82 Å². The summed E-state index contributed by atoms with van der Waals surface area (Å²) in [6.45, 7) is 1.96. The summed E-state index contributed by atoms with van der Waals surface area (Å²) in [5.74, 6) is 1.06. The smallest absolute Gasteiger partial charge is 0.343 e. The first kappa shape index (κ1) is 11.7. The predicted octanol–water partition coefficient (Wildman–Crippen LogP) is 1.73. The minimum absolute atomic E-state index is 0.114.